The molecule has 0 spiro atoms. The summed E-state index contributed by atoms with van der Waals surface area (Å²) in [6.45, 7) is 0. The van der Waals surface area contributed by atoms with Crippen molar-refractivity contribution in [2.75, 3.05) is 0 Å². The molecule has 0 amide bonds. The van der Waals surface area contributed by atoms with Crippen LogP contribution in [0.2, 0.25) is 0 Å². The van der Waals surface area contributed by atoms with Crippen molar-refractivity contribution >= 4 is 23.1 Å². The van der Waals surface area contributed by atoms with E-state index in [1.807, 2.05) is 0 Å². The first-order valence-corrected chi connectivity index (χ1v) is 0. The fraction of sp³-hybridized carbons (Fsp3) is 0. The van der Waals surface area contributed by atoms with Crippen molar-refractivity contribution in [1.29, 1.82) is 0 Å². The minimum Gasteiger partial charge on any atom is -1.00 e. The molecular weight excluding hydrogens is 201 g/mol. The van der Waals surface area contributed by atoms with E-state index in [2.05, 4.69) is 0 Å². The SMILES string of the molecule is F.F.[H-].[H-].[La].[Mg+2]. The minimum absolute atomic E-state index is 0. The number of hydrogen-bond donors (Lipinski definition) is 0. The van der Waals surface area contributed by atoms with E-state index in [-0.39, 0.29) is 70.9 Å². The molecule has 0 aromatic carbocycles. The van der Waals surface area contributed by atoms with E-state index in [0.29, 0.717) is 0 Å². The first-order chi connectivity index (χ1) is 0. The Balaban J connectivity index is 0. The van der Waals surface area contributed by atoms with Crippen LogP contribution in [0.3, 0.4) is 0 Å². The van der Waals surface area contributed by atoms with Crippen LogP contribution in [-0.4, -0.2) is 23.1 Å². The van der Waals surface area contributed by atoms with Crippen molar-refractivity contribution in [3.05, 3.63) is 0 Å². The van der Waals surface area contributed by atoms with E-state index < -0.39 is 0 Å². The van der Waals surface area contributed by atoms with Crippen molar-refractivity contribution in [3.63, 3.8) is 0 Å². The Labute approximate surface area is 70.2 Å². The fourth-order valence-corrected chi connectivity index (χ4v) is 0. The van der Waals surface area contributed by atoms with E-state index in [1.165, 1.54) is 0 Å². The van der Waals surface area contributed by atoms with Crippen molar-refractivity contribution in [2.45, 2.75) is 0 Å². The second kappa shape index (κ2) is 21.2. The van der Waals surface area contributed by atoms with Crippen LogP contribution in [0.15, 0.2) is 0 Å². The third-order valence-electron chi connectivity index (χ3n) is 0. The summed E-state index contributed by atoms with van der Waals surface area (Å²) in [6, 6.07) is 0. The van der Waals surface area contributed by atoms with Gasteiger partial charge in [-0.3, -0.25) is 9.41 Å². The number of halogens is 2. The van der Waals surface area contributed by atoms with Crippen molar-refractivity contribution < 1.29 is 47.9 Å². The molecule has 4 heteroatoms. The van der Waals surface area contributed by atoms with Crippen LogP contribution in [0.25, 0.3) is 0 Å². The van der Waals surface area contributed by atoms with Gasteiger partial charge in [0.15, 0.2) is 0 Å². The average Bonchev–Trinajstić information content (AvgIpc) is 0. The van der Waals surface area contributed by atoms with Gasteiger partial charge in [0.2, 0.25) is 0 Å². The molecule has 0 rings (SSSR count). The summed E-state index contributed by atoms with van der Waals surface area (Å²) < 4.78 is 0. The van der Waals surface area contributed by atoms with E-state index in [9.17, 15) is 0 Å². The normalized spacial score (nSPS) is 0. The van der Waals surface area contributed by atoms with E-state index in [1.54, 1.807) is 0 Å². The molecule has 0 saturated carbocycles. The predicted molar refractivity (Wildman–Crippen MR) is 13.0 cm³/mol. The van der Waals surface area contributed by atoms with Crippen LogP contribution >= 0.6 is 0 Å². The maximum Gasteiger partial charge on any atom is 2.00 e. The zero-order valence-corrected chi connectivity index (χ0v) is 7.14. The molecule has 23 valence electrons. The summed E-state index contributed by atoms with van der Waals surface area (Å²) in [4.78, 5) is 0. The Kier molecular flexibility index (Phi) is 216. The molecule has 0 fully saturated rings. The van der Waals surface area contributed by atoms with Gasteiger partial charge in [0, 0.05) is 35.6 Å². The van der Waals surface area contributed by atoms with Crippen molar-refractivity contribution in [1.82, 2.24) is 0 Å². The first kappa shape index (κ1) is 40.8. The zero-order valence-electron chi connectivity index (χ0n) is 4.10. The van der Waals surface area contributed by atoms with Crippen LogP contribution in [0, 0.1) is 35.6 Å². The van der Waals surface area contributed by atoms with Crippen LogP contribution in [0.4, 0.5) is 9.41 Å². The maximum absolute atomic E-state index is 0. The molecule has 0 nitrogen and oxygen atoms in total. The van der Waals surface area contributed by atoms with Crippen LogP contribution < -0.4 is 0 Å². The van der Waals surface area contributed by atoms with Crippen molar-refractivity contribution in [2.24, 2.45) is 0 Å². The summed E-state index contributed by atoms with van der Waals surface area (Å²) in [6.07, 6.45) is 0. The second-order valence-corrected chi connectivity index (χ2v) is 0. The van der Waals surface area contributed by atoms with E-state index >= 15 is 0 Å². The van der Waals surface area contributed by atoms with Gasteiger partial charge in [-0.15, -0.1) is 0 Å². The molecule has 0 aliphatic rings. The molecule has 0 bridgehead atoms. The van der Waals surface area contributed by atoms with Crippen molar-refractivity contribution in [3.8, 4) is 0 Å². The van der Waals surface area contributed by atoms with Crippen LogP contribution in [0.1, 0.15) is 2.85 Å². The molecule has 4 heavy (non-hydrogen) atoms. The molecule has 0 N–H and O–H groups in total. The molecular formula is H4F2LaMg. The van der Waals surface area contributed by atoms with Gasteiger partial charge in [-0.1, -0.05) is 0 Å². The Morgan fingerprint density at radius 3 is 1.00 bits per heavy atom. The largest absolute Gasteiger partial charge is 2.00 e. The number of hydrogen-bond acceptors (Lipinski definition) is 0. The summed E-state index contributed by atoms with van der Waals surface area (Å²) in [5.41, 5.74) is 0. The van der Waals surface area contributed by atoms with Crippen LogP contribution in [-0.2, 0) is 0 Å². The maximum atomic E-state index is 0. The molecule has 0 saturated heterocycles. The van der Waals surface area contributed by atoms with E-state index in [4.69, 9.17) is 0 Å². The van der Waals surface area contributed by atoms with E-state index in [0.717, 1.165) is 0 Å². The summed E-state index contributed by atoms with van der Waals surface area (Å²) in [7, 11) is 0. The second-order valence-electron chi connectivity index (χ2n) is 0. The molecule has 0 heterocycles. The average molecular weight is 205 g/mol. The third-order valence-corrected chi connectivity index (χ3v) is 0. The van der Waals surface area contributed by atoms with Crippen LogP contribution in [0.5, 0.6) is 0 Å². The Hall–Kier alpha value is 1.82. The van der Waals surface area contributed by atoms with Gasteiger partial charge < -0.3 is 2.85 Å². The van der Waals surface area contributed by atoms with Gasteiger partial charge in [0.05, 0.1) is 0 Å². The Morgan fingerprint density at radius 2 is 1.00 bits per heavy atom. The van der Waals surface area contributed by atoms with Gasteiger partial charge in [0.1, 0.15) is 0 Å². The van der Waals surface area contributed by atoms with Gasteiger partial charge in [-0.2, -0.15) is 0 Å². The minimum atomic E-state index is 0. The van der Waals surface area contributed by atoms with Gasteiger partial charge in [-0.25, -0.2) is 0 Å². The monoisotopic (exact) mass is 205 g/mol. The molecule has 0 aromatic heterocycles. The molecule has 0 aromatic rings. The summed E-state index contributed by atoms with van der Waals surface area (Å²) in [5, 5.41) is 0. The topological polar surface area (TPSA) is 0 Å². The molecule has 0 atom stereocenters. The standard InChI is InChI=1S/2FH.La.Mg.2H/h2*1H;;;;/q;;;+2;2*-1. The quantitative estimate of drug-likeness (QED) is 0.494. The zero-order chi connectivity index (χ0) is 0. The number of rotatable bonds is 0. The Morgan fingerprint density at radius 1 is 1.00 bits per heavy atom. The van der Waals surface area contributed by atoms with Gasteiger partial charge in [0.25, 0.3) is 0 Å². The van der Waals surface area contributed by atoms with Gasteiger partial charge in [-0.05, 0) is 0 Å². The molecule has 0 aliphatic carbocycles. The third kappa shape index (κ3) is 9.17. The summed E-state index contributed by atoms with van der Waals surface area (Å²) >= 11 is 0. The first-order valence-electron chi connectivity index (χ1n) is 0. The van der Waals surface area contributed by atoms with Gasteiger partial charge >= 0.3 is 23.1 Å². The molecule has 0 unspecified atom stereocenters. The Bertz CT molecular complexity index is 11.5. The molecule has 0 aliphatic heterocycles. The molecule has 1 radical (unpaired) electrons. The summed E-state index contributed by atoms with van der Waals surface area (Å²) in [5.74, 6) is 0. The fourth-order valence-electron chi connectivity index (χ4n) is 0. The predicted octanol–water partition coefficient (Wildman–Crippen LogP) is 0.149. The smallest absolute Gasteiger partial charge is 1.00 e.